The number of anilines is 1. The number of halogens is 2. The van der Waals surface area contributed by atoms with Gasteiger partial charge in [-0.05, 0) is 37.1 Å². The molecule has 0 radical (unpaired) electrons. The van der Waals surface area contributed by atoms with Crippen LogP contribution in [0.1, 0.15) is 36.0 Å². The summed E-state index contributed by atoms with van der Waals surface area (Å²) in [6.07, 6.45) is 4.34. The first kappa shape index (κ1) is 20.5. The molecule has 0 atom stereocenters. The van der Waals surface area contributed by atoms with Gasteiger partial charge in [0.1, 0.15) is 5.75 Å². The van der Waals surface area contributed by atoms with Crippen molar-refractivity contribution in [3.8, 4) is 5.75 Å². The van der Waals surface area contributed by atoms with Crippen molar-refractivity contribution in [3.63, 3.8) is 0 Å². The number of amides is 2. The van der Waals surface area contributed by atoms with Gasteiger partial charge in [-0.15, -0.1) is 0 Å². The predicted octanol–water partition coefficient (Wildman–Crippen LogP) is 5.03. The van der Waals surface area contributed by atoms with Crippen LogP contribution in [0.5, 0.6) is 5.75 Å². The molecule has 7 heteroatoms. The van der Waals surface area contributed by atoms with Crippen molar-refractivity contribution in [1.29, 1.82) is 0 Å². The molecule has 28 heavy (non-hydrogen) atoms. The summed E-state index contributed by atoms with van der Waals surface area (Å²) in [4.78, 5) is 27.0. The normalized spacial score (nSPS) is 14.3. The van der Waals surface area contributed by atoms with E-state index < -0.39 is 0 Å². The molecule has 2 amide bonds. The highest BCUT2D eigenvalue weighted by Gasteiger charge is 2.18. The first-order valence-electron chi connectivity index (χ1n) is 9.31. The zero-order valence-corrected chi connectivity index (χ0v) is 16.9. The van der Waals surface area contributed by atoms with Crippen LogP contribution in [0.4, 0.5) is 5.69 Å². The highest BCUT2D eigenvalue weighted by Crippen LogP contribution is 2.30. The first-order valence-corrected chi connectivity index (χ1v) is 10.1. The number of hydrogen-bond donors (Lipinski definition) is 1. The largest absolute Gasteiger partial charge is 0.483 e. The molecular formula is C21H22Cl2N2O3. The number of likely N-dealkylation sites (tertiary alicyclic amines) is 1. The Bertz CT molecular complexity index is 849. The van der Waals surface area contributed by atoms with E-state index in [0.717, 1.165) is 38.8 Å². The SMILES string of the molecule is O=C(Nc1cccc(Cl)c1Cl)c1ccccc1OCC(=O)N1CCCCCC1. The van der Waals surface area contributed by atoms with Crippen LogP contribution < -0.4 is 10.1 Å². The number of nitrogens with zero attached hydrogens (tertiary/aromatic N) is 1. The zero-order chi connectivity index (χ0) is 19.9. The molecule has 1 saturated heterocycles. The van der Waals surface area contributed by atoms with Gasteiger partial charge in [-0.2, -0.15) is 0 Å². The lowest BCUT2D eigenvalue weighted by atomic mass is 10.2. The number of benzene rings is 2. The maximum atomic E-state index is 12.7. The molecule has 1 fully saturated rings. The fourth-order valence-electron chi connectivity index (χ4n) is 3.12. The standard InChI is InChI=1S/C21H22Cl2N2O3/c22-16-9-7-10-17(20(16)23)24-21(27)15-8-3-4-11-18(15)28-14-19(26)25-12-5-1-2-6-13-25/h3-4,7-11H,1-2,5-6,12-14H2,(H,24,27). The zero-order valence-electron chi connectivity index (χ0n) is 15.4. The van der Waals surface area contributed by atoms with Crippen LogP contribution in [0.15, 0.2) is 42.5 Å². The van der Waals surface area contributed by atoms with Gasteiger partial charge in [0.25, 0.3) is 11.8 Å². The first-order chi connectivity index (χ1) is 13.6. The van der Waals surface area contributed by atoms with E-state index in [2.05, 4.69) is 5.32 Å². The van der Waals surface area contributed by atoms with Gasteiger partial charge in [-0.3, -0.25) is 9.59 Å². The number of ether oxygens (including phenoxy) is 1. The molecule has 0 aromatic heterocycles. The molecule has 2 aromatic carbocycles. The summed E-state index contributed by atoms with van der Waals surface area (Å²) in [5.74, 6) is -0.0988. The Balaban J connectivity index is 1.67. The fourth-order valence-corrected chi connectivity index (χ4v) is 3.47. The van der Waals surface area contributed by atoms with E-state index in [1.54, 1.807) is 42.5 Å². The van der Waals surface area contributed by atoms with Crippen LogP contribution in [-0.2, 0) is 4.79 Å². The van der Waals surface area contributed by atoms with Crippen LogP contribution in [0, 0.1) is 0 Å². The van der Waals surface area contributed by atoms with Gasteiger partial charge in [-0.1, -0.05) is 54.2 Å². The van der Waals surface area contributed by atoms with Crippen molar-refractivity contribution in [1.82, 2.24) is 4.90 Å². The van der Waals surface area contributed by atoms with Crippen molar-refractivity contribution in [2.75, 3.05) is 25.0 Å². The smallest absolute Gasteiger partial charge is 0.260 e. The fraction of sp³-hybridized carbons (Fsp3) is 0.333. The third-order valence-electron chi connectivity index (χ3n) is 4.64. The summed E-state index contributed by atoms with van der Waals surface area (Å²) in [5, 5.41) is 3.36. The Labute approximate surface area is 174 Å². The number of carbonyl (C=O) groups excluding carboxylic acids is 2. The van der Waals surface area contributed by atoms with E-state index in [1.165, 1.54) is 0 Å². The van der Waals surface area contributed by atoms with Gasteiger partial charge >= 0.3 is 0 Å². The predicted molar refractivity (Wildman–Crippen MR) is 111 cm³/mol. The van der Waals surface area contributed by atoms with Gasteiger partial charge in [0.2, 0.25) is 0 Å². The van der Waals surface area contributed by atoms with Crippen LogP contribution >= 0.6 is 23.2 Å². The van der Waals surface area contributed by atoms with Crippen LogP contribution in [0.3, 0.4) is 0 Å². The van der Waals surface area contributed by atoms with E-state index in [9.17, 15) is 9.59 Å². The molecule has 5 nitrogen and oxygen atoms in total. The van der Waals surface area contributed by atoms with Crippen LogP contribution in [-0.4, -0.2) is 36.4 Å². The van der Waals surface area contributed by atoms with Gasteiger partial charge in [0.15, 0.2) is 6.61 Å². The molecule has 1 N–H and O–H groups in total. The van der Waals surface area contributed by atoms with E-state index in [1.807, 2.05) is 4.90 Å². The second-order valence-corrected chi connectivity index (χ2v) is 7.42. The molecule has 1 aliphatic rings. The monoisotopic (exact) mass is 420 g/mol. The highest BCUT2D eigenvalue weighted by atomic mass is 35.5. The molecule has 0 unspecified atom stereocenters. The molecule has 0 saturated carbocycles. The molecule has 3 rings (SSSR count). The Hall–Kier alpha value is -2.24. The van der Waals surface area contributed by atoms with Crippen molar-refractivity contribution in [2.24, 2.45) is 0 Å². The average Bonchev–Trinajstić information content (AvgIpc) is 2.99. The van der Waals surface area contributed by atoms with Crippen molar-refractivity contribution in [2.45, 2.75) is 25.7 Å². The molecule has 0 bridgehead atoms. The third-order valence-corrected chi connectivity index (χ3v) is 5.46. The Morgan fingerprint density at radius 2 is 1.68 bits per heavy atom. The van der Waals surface area contributed by atoms with Crippen molar-refractivity contribution in [3.05, 3.63) is 58.1 Å². The van der Waals surface area contributed by atoms with E-state index in [4.69, 9.17) is 27.9 Å². The summed E-state index contributed by atoms with van der Waals surface area (Å²) in [6.45, 7) is 1.43. The third kappa shape index (κ3) is 5.18. The molecule has 1 heterocycles. The molecule has 0 aliphatic carbocycles. The van der Waals surface area contributed by atoms with Gasteiger partial charge in [0.05, 0.1) is 21.3 Å². The van der Waals surface area contributed by atoms with Crippen LogP contribution in [0.25, 0.3) is 0 Å². The topological polar surface area (TPSA) is 58.6 Å². The highest BCUT2D eigenvalue weighted by molar-refractivity contribution is 6.44. The maximum Gasteiger partial charge on any atom is 0.260 e. The lowest BCUT2D eigenvalue weighted by Gasteiger charge is -2.20. The van der Waals surface area contributed by atoms with Gasteiger partial charge in [-0.25, -0.2) is 0 Å². The number of nitrogens with one attached hydrogen (secondary N) is 1. The minimum absolute atomic E-state index is 0.0602. The van der Waals surface area contributed by atoms with Gasteiger partial charge in [0, 0.05) is 13.1 Å². The molecule has 148 valence electrons. The summed E-state index contributed by atoms with van der Waals surface area (Å²) >= 11 is 12.1. The quantitative estimate of drug-likeness (QED) is 0.737. The summed E-state index contributed by atoms with van der Waals surface area (Å²) in [6, 6.07) is 11.8. The Morgan fingerprint density at radius 3 is 2.43 bits per heavy atom. The minimum atomic E-state index is -0.387. The Kier molecular flexibility index (Phi) is 7.18. The average molecular weight is 421 g/mol. The van der Waals surface area contributed by atoms with Gasteiger partial charge < -0.3 is 15.0 Å². The number of para-hydroxylation sites is 1. The molecular weight excluding hydrogens is 399 g/mol. The van der Waals surface area contributed by atoms with Crippen molar-refractivity contribution >= 4 is 40.7 Å². The van der Waals surface area contributed by atoms with Crippen LogP contribution in [0.2, 0.25) is 10.0 Å². The second-order valence-electron chi connectivity index (χ2n) is 6.64. The summed E-state index contributed by atoms with van der Waals surface area (Å²) < 4.78 is 5.69. The number of carbonyl (C=O) groups is 2. The molecule has 0 spiro atoms. The van der Waals surface area contributed by atoms with E-state index in [0.29, 0.717) is 22.0 Å². The second kappa shape index (κ2) is 9.80. The van der Waals surface area contributed by atoms with E-state index in [-0.39, 0.29) is 23.4 Å². The lowest BCUT2D eigenvalue weighted by molar-refractivity contribution is -0.133. The van der Waals surface area contributed by atoms with E-state index >= 15 is 0 Å². The lowest BCUT2D eigenvalue weighted by Crippen LogP contribution is -2.35. The maximum absolute atomic E-state index is 12.7. The minimum Gasteiger partial charge on any atom is -0.483 e. The Morgan fingerprint density at radius 1 is 0.964 bits per heavy atom. The summed E-state index contributed by atoms with van der Waals surface area (Å²) in [7, 11) is 0. The number of hydrogen-bond acceptors (Lipinski definition) is 3. The molecule has 2 aromatic rings. The number of rotatable bonds is 5. The van der Waals surface area contributed by atoms with Crippen molar-refractivity contribution < 1.29 is 14.3 Å². The summed E-state index contributed by atoms with van der Waals surface area (Å²) in [5.41, 5.74) is 0.733. The molecule has 1 aliphatic heterocycles.